The molecule has 0 N–H and O–H groups in total. The van der Waals surface area contributed by atoms with Gasteiger partial charge in [-0.15, -0.1) is 45.3 Å². The number of aryl methyl sites for hydroxylation is 2. The maximum Gasteiger partial charge on any atom is 0.350 e. The predicted octanol–water partition coefficient (Wildman–Crippen LogP) is 8.79. The van der Waals surface area contributed by atoms with Crippen LogP contribution in [0.4, 0.5) is 10.0 Å². The lowest BCUT2D eigenvalue weighted by Gasteiger charge is -2.02. The van der Waals surface area contributed by atoms with Crippen LogP contribution < -0.4 is 0 Å². The largest absolute Gasteiger partial charge is 0.351 e. The molecule has 0 amide bonds. The molecule has 6 aromatic rings. The highest BCUT2D eigenvalue weighted by atomic mass is 32.1. The van der Waals surface area contributed by atoms with Gasteiger partial charge >= 0.3 is 5.84 Å². The molecule has 0 unspecified atom stereocenters. The molecular formula is C26H10N8S5. The summed E-state index contributed by atoms with van der Waals surface area (Å²) in [6.07, 6.45) is 0. The molecule has 39 heavy (non-hydrogen) atoms. The second-order valence-corrected chi connectivity index (χ2v) is 13.1. The first-order valence-electron chi connectivity index (χ1n) is 11.0. The van der Waals surface area contributed by atoms with Crippen LogP contribution >= 0.6 is 56.7 Å². The van der Waals surface area contributed by atoms with Crippen molar-refractivity contribution in [1.29, 1.82) is 15.8 Å². The number of hydrogen-bond donors (Lipinski definition) is 0. The van der Waals surface area contributed by atoms with E-state index in [0.717, 1.165) is 50.6 Å². The van der Waals surface area contributed by atoms with Crippen molar-refractivity contribution in [1.82, 2.24) is 9.97 Å². The van der Waals surface area contributed by atoms with Crippen molar-refractivity contribution in [3.8, 4) is 38.0 Å². The van der Waals surface area contributed by atoms with Crippen LogP contribution in [0, 0.1) is 54.4 Å². The lowest BCUT2D eigenvalue weighted by molar-refractivity contribution is 1.45. The van der Waals surface area contributed by atoms with E-state index in [4.69, 9.17) is 32.3 Å². The van der Waals surface area contributed by atoms with E-state index < -0.39 is 0 Å². The average Bonchev–Trinajstić information content (AvgIpc) is 3.75. The van der Waals surface area contributed by atoms with Crippen LogP contribution in [0.5, 0.6) is 0 Å². The fourth-order valence-corrected chi connectivity index (χ4v) is 9.59. The number of thiophene rings is 3. The van der Waals surface area contributed by atoms with Gasteiger partial charge in [0.2, 0.25) is 10.7 Å². The van der Waals surface area contributed by atoms with Crippen molar-refractivity contribution in [2.45, 2.75) is 13.8 Å². The average molecular weight is 595 g/mol. The molecule has 8 nitrogen and oxygen atoms in total. The first-order chi connectivity index (χ1) is 18.9. The first kappa shape index (κ1) is 25.0. The molecule has 0 aliphatic heterocycles. The van der Waals surface area contributed by atoms with Crippen molar-refractivity contribution < 1.29 is 0 Å². The molecule has 0 atom stereocenters. The Morgan fingerprint density at radius 3 is 2.05 bits per heavy atom. The van der Waals surface area contributed by atoms with E-state index in [9.17, 15) is 0 Å². The van der Waals surface area contributed by atoms with Crippen molar-refractivity contribution >= 4 is 108 Å². The highest BCUT2D eigenvalue weighted by Gasteiger charge is 2.22. The molecule has 0 saturated heterocycles. The molecule has 6 rings (SSSR count). The summed E-state index contributed by atoms with van der Waals surface area (Å²) in [5.41, 5.74) is 3.08. The molecule has 0 bridgehead atoms. The molecule has 0 fully saturated rings. The summed E-state index contributed by atoms with van der Waals surface area (Å²) in [4.78, 5) is 24.1. The third-order valence-electron chi connectivity index (χ3n) is 5.75. The van der Waals surface area contributed by atoms with E-state index in [1.807, 2.05) is 12.1 Å². The number of nitriles is 3. The zero-order chi connectivity index (χ0) is 27.3. The molecular weight excluding hydrogens is 585 g/mol. The van der Waals surface area contributed by atoms with Gasteiger partial charge in [-0.3, -0.25) is 0 Å². The maximum absolute atomic E-state index is 9.00. The Morgan fingerprint density at radius 2 is 1.41 bits per heavy atom. The standard InChI is InChI=1S/C26H10N8S5/c1-11-19-21(37-26-23(19)39-25(34-26)15-5-7-18(36-15)32-16(10-29)30-3)12(2)20-22(11)38-24(33-20)14-4-6-17(35-14)31-13(8-27)9-28/h4-7H,1-2H3. The molecule has 5 heterocycles. The second-order valence-electron chi connectivity index (χ2n) is 8.03. The van der Waals surface area contributed by atoms with Crippen molar-refractivity contribution in [2.75, 3.05) is 0 Å². The normalized spacial score (nSPS) is 11.4. The summed E-state index contributed by atoms with van der Waals surface area (Å²) in [6, 6.07) is 12.8. The van der Waals surface area contributed by atoms with E-state index in [1.165, 1.54) is 32.8 Å². The van der Waals surface area contributed by atoms with Gasteiger partial charge in [0.25, 0.3) is 0 Å². The van der Waals surface area contributed by atoms with Crippen LogP contribution in [0.3, 0.4) is 0 Å². The van der Waals surface area contributed by atoms with Gasteiger partial charge in [0.05, 0.1) is 24.7 Å². The van der Waals surface area contributed by atoms with Crippen LogP contribution in [0.25, 0.3) is 54.4 Å². The fourth-order valence-electron chi connectivity index (χ4n) is 4.02. The summed E-state index contributed by atoms with van der Waals surface area (Å²) < 4.78 is 3.43. The van der Waals surface area contributed by atoms with Gasteiger partial charge in [0.15, 0.2) is 0 Å². The molecule has 184 valence electrons. The third-order valence-corrected chi connectivity index (χ3v) is 11.6. The number of aromatic nitrogens is 2. The monoisotopic (exact) mass is 594 g/mol. The number of aliphatic imine (C=N–C) groups is 2. The van der Waals surface area contributed by atoms with Gasteiger partial charge in [-0.2, -0.15) is 10.5 Å². The minimum Gasteiger partial charge on any atom is -0.351 e. The number of amidine groups is 1. The lowest BCUT2D eigenvalue weighted by Crippen LogP contribution is -1.84. The summed E-state index contributed by atoms with van der Waals surface area (Å²) in [7, 11) is 0. The van der Waals surface area contributed by atoms with Gasteiger partial charge in [-0.25, -0.2) is 20.2 Å². The van der Waals surface area contributed by atoms with E-state index in [0.29, 0.717) is 10.0 Å². The van der Waals surface area contributed by atoms with E-state index in [1.54, 1.807) is 64.4 Å². The number of thiazole rings is 2. The highest BCUT2D eigenvalue weighted by molar-refractivity contribution is 7.34. The van der Waals surface area contributed by atoms with Crippen LogP contribution in [0.2, 0.25) is 0 Å². The third kappa shape index (κ3) is 4.20. The second kappa shape index (κ2) is 9.76. The number of fused-ring (bicyclic) bond motifs is 4. The van der Waals surface area contributed by atoms with Gasteiger partial charge in [-0.1, -0.05) is 22.9 Å². The summed E-state index contributed by atoms with van der Waals surface area (Å²) in [5, 5.41) is 31.1. The van der Waals surface area contributed by atoms with Gasteiger partial charge in [0, 0.05) is 10.1 Å². The Hall–Kier alpha value is -4.34. The van der Waals surface area contributed by atoms with Crippen LogP contribution in [0.15, 0.2) is 34.3 Å². The Morgan fingerprint density at radius 1 is 0.769 bits per heavy atom. The lowest BCUT2D eigenvalue weighted by atomic mass is 10.1. The SMILES string of the molecule is [C-]#[N+]C(C#N)=Nc1ccc(-c2nc3sc4c(C)c5nc(-c6ccc(N=C(C#N)C#N)s6)sc5c(C)c4c3s2)s1. The Kier molecular flexibility index (Phi) is 6.25. The molecule has 0 aliphatic rings. The Balaban J connectivity index is 1.44. The van der Waals surface area contributed by atoms with Gasteiger partial charge in [0.1, 0.15) is 38.1 Å². The zero-order valence-electron chi connectivity index (χ0n) is 19.9. The molecule has 0 spiro atoms. The molecule has 0 aliphatic carbocycles. The van der Waals surface area contributed by atoms with E-state index >= 15 is 0 Å². The zero-order valence-corrected chi connectivity index (χ0v) is 24.0. The molecule has 0 radical (unpaired) electrons. The number of rotatable bonds is 4. The van der Waals surface area contributed by atoms with Crippen LogP contribution in [0.1, 0.15) is 11.1 Å². The topological polar surface area (TPSA) is 126 Å². The fraction of sp³-hybridized carbons (Fsp3) is 0.0769. The molecule has 5 aromatic heterocycles. The molecule has 0 saturated carbocycles. The molecule has 13 heteroatoms. The summed E-state index contributed by atoms with van der Waals surface area (Å²) in [5.74, 6) is -0.186. The Bertz CT molecular complexity index is 2170. The summed E-state index contributed by atoms with van der Waals surface area (Å²) >= 11 is 7.73. The molecule has 1 aromatic carbocycles. The van der Waals surface area contributed by atoms with E-state index in [2.05, 4.69) is 28.7 Å². The highest BCUT2D eigenvalue weighted by Crippen LogP contribution is 2.49. The van der Waals surface area contributed by atoms with Crippen LogP contribution in [-0.2, 0) is 0 Å². The number of nitrogens with zero attached hydrogens (tertiary/aromatic N) is 8. The van der Waals surface area contributed by atoms with E-state index in [-0.39, 0.29) is 11.5 Å². The quantitative estimate of drug-likeness (QED) is 0.114. The number of hydrogen-bond acceptors (Lipinski definition) is 12. The van der Waals surface area contributed by atoms with Crippen molar-refractivity contribution in [3.63, 3.8) is 0 Å². The minimum atomic E-state index is -0.186. The Labute approximate surface area is 241 Å². The van der Waals surface area contributed by atoms with Crippen molar-refractivity contribution in [2.24, 2.45) is 9.98 Å². The predicted molar refractivity (Wildman–Crippen MR) is 162 cm³/mol. The minimum absolute atomic E-state index is 0.172. The first-order valence-corrected chi connectivity index (χ1v) is 15.1. The smallest absolute Gasteiger partial charge is 0.350 e. The summed E-state index contributed by atoms with van der Waals surface area (Å²) in [6.45, 7) is 11.3. The van der Waals surface area contributed by atoms with Crippen LogP contribution in [-0.4, -0.2) is 21.5 Å². The van der Waals surface area contributed by atoms with Crippen molar-refractivity contribution in [3.05, 3.63) is 46.8 Å². The maximum atomic E-state index is 9.00. The van der Waals surface area contributed by atoms with Gasteiger partial charge in [-0.05, 0) is 49.2 Å². The number of benzene rings is 1. The van der Waals surface area contributed by atoms with Gasteiger partial charge < -0.3 is 4.85 Å².